The predicted octanol–water partition coefficient (Wildman–Crippen LogP) is 2.16. The lowest BCUT2D eigenvalue weighted by Crippen LogP contribution is -2.19. The van der Waals surface area contributed by atoms with Crippen molar-refractivity contribution in [3.8, 4) is 0 Å². The molecule has 2 rings (SSSR count). The Hall–Kier alpha value is -1.66. The van der Waals surface area contributed by atoms with Gasteiger partial charge in [0.25, 0.3) is 0 Å². The average molecular weight is 291 g/mol. The van der Waals surface area contributed by atoms with Crippen LogP contribution in [0.25, 0.3) is 0 Å². The molecular weight excluding hydrogens is 274 g/mol. The number of nitrogens with zero attached hydrogens (tertiary/aromatic N) is 2. The van der Waals surface area contributed by atoms with Crippen LogP contribution in [0.4, 0.5) is 0 Å². The van der Waals surface area contributed by atoms with Gasteiger partial charge in [0, 0.05) is 0 Å². The molecule has 1 fully saturated rings. The van der Waals surface area contributed by atoms with Crippen LogP contribution in [0.1, 0.15) is 25.0 Å². The fourth-order valence-corrected chi connectivity index (χ4v) is 2.12. The predicted molar refractivity (Wildman–Crippen MR) is 82.0 cm³/mol. The van der Waals surface area contributed by atoms with Gasteiger partial charge in [0.05, 0.1) is 24.7 Å². The van der Waals surface area contributed by atoms with Crippen LogP contribution in [0.5, 0.6) is 0 Å². The second-order valence-electron chi connectivity index (χ2n) is 4.59. The molecule has 0 atom stereocenters. The van der Waals surface area contributed by atoms with E-state index in [-0.39, 0.29) is 12.0 Å². The van der Waals surface area contributed by atoms with Crippen LogP contribution in [0.15, 0.2) is 34.5 Å². The number of nitrogens with one attached hydrogen (secondary N) is 1. The van der Waals surface area contributed by atoms with Crippen LogP contribution in [0.2, 0.25) is 0 Å². The van der Waals surface area contributed by atoms with Crippen molar-refractivity contribution in [2.45, 2.75) is 26.6 Å². The lowest BCUT2D eigenvalue weighted by molar-refractivity contribution is -0.116. The summed E-state index contributed by atoms with van der Waals surface area (Å²) in [5.41, 5.74) is 2.08. The third-order valence-corrected chi connectivity index (χ3v) is 3.37. The monoisotopic (exact) mass is 291 g/mol. The van der Waals surface area contributed by atoms with Gasteiger partial charge in [0.1, 0.15) is 0 Å². The van der Waals surface area contributed by atoms with Gasteiger partial charge in [0.2, 0.25) is 5.91 Å². The van der Waals surface area contributed by atoms with Gasteiger partial charge in [-0.1, -0.05) is 36.0 Å². The minimum Gasteiger partial charge on any atom is -0.374 e. The van der Waals surface area contributed by atoms with E-state index in [9.17, 15) is 4.79 Å². The number of ether oxygens (including phenoxy) is 1. The fourth-order valence-electron chi connectivity index (χ4n) is 1.49. The van der Waals surface area contributed by atoms with Gasteiger partial charge in [-0.2, -0.15) is 5.10 Å². The van der Waals surface area contributed by atoms with Gasteiger partial charge in [-0.3, -0.25) is 4.79 Å². The molecule has 1 aromatic carbocycles. The molecule has 1 N–H and O–H groups in total. The quantitative estimate of drug-likeness (QED) is 0.668. The van der Waals surface area contributed by atoms with E-state index in [4.69, 9.17) is 4.74 Å². The van der Waals surface area contributed by atoms with Crippen molar-refractivity contribution in [2.75, 3.05) is 5.75 Å². The van der Waals surface area contributed by atoms with E-state index in [0.29, 0.717) is 17.5 Å². The molecule has 0 unspecified atom stereocenters. The summed E-state index contributed by atoms with van der Waals surface area (Å²) in [5.74, 6) is 0.386. The number of benzene rings is 1. The minimum absolute atomic E-state index is 0.0292. The highest BCUT2D eigenvalue weighted by Gasteiger charge is 2.15. The van der Waals surface area contributed by atoms with Gasteiger partial charge in [-0.05, 0) is 25.0 Å². The summed E-state index contributed by atoms with van der Waals surface area (Å²) in [5, 5.41) is 11.1. The number of carbonyl (C=O) groups excluding carboxylic acids is 1. The first-order valence-electron chi connectivity index (χ1n) is 6.37. The molecule has 1 heterocycles. The van der Waals surface area contributed by atoms with Crippen molar-refractivity contribution >= 4 is 29.1 Å². The van der Waals surface area contributed by atoms with E-state index in [1.54, 1.807) is 6.21 Å². The van der Waals surface area contributed by atoms with Gasteiger partial charge < -0.3 is 10.1 Å². The Kier molecular flexibility index (Phi) is 5.31. The number of hydrogen-bond donors (Lipinski definition) is 1. The first-order valence-corrected chi connectivity index (χ1v) is 7.36. The number of amides is 1. The summed E-state index contributed by atoms with van der Waals surface area (Å²) in [4.78, 5) is 11.0. The number of thioether (sulfide) groups is 1. The topological polar surface area (TPSA) is 63.1 Å². The van der Waals surface area contributed by atoms with Crippen molar-refractivity contribution in [3.05, 3.63) is 35.4 Å². The summed E-state index contributed by atoms with van der Waals surface area (Å²) in [6, 6.07) is 7.93. The van der Waals surface area contributed by atoms with Crippen molar-refractivity contribution in [2.24, 2.45) is 10.2 Å². The second kappa shape index (κ2) is 7.21. The Labute approximate surface area is 122 Å². The molecular formula is C14H17N3O2S. The smallest absolute Gasteiger partial charge is 0.236 e. The van der Waals surface area contributed by atoms with E-state index in [0.717, 1.165) is 11.1 Å². The summed E-state index contributed by atoms with van der Waals surface area (Å²) in [6.07, 6.45) is 1.89. The van der Waals surface area contributed by atoms with Crippen LogP contribution >= 0.6 is 11.8 Å². The second-order valence-corrected chi connectivity index (χ2v) is 5.55. The van der Waals surface area contributed by atoms with Gasteiger partial charge in [-0.15, -0.1) is 5.10 Å². The Bertz CT molecular complexity index is 524. The van der Waals surface area contributed by atoms with Crippen LogP contribution in [0.3, 0.4) is 0 Å². The zero-order valence-electron chi connectivity index (χ0n) is 11.5. The number of hydrogen-bond acceptors (Lipinski definition) is 5. The van der Waals surface area contributed by atoms with Crippen molar-refractivity contribution in [3.63, 3.8) is 0 Å². The standard InChI is InChI=1S/C14H17N3O2S/c1-10(2)19-8-12-5-3-11(4-6-12)7-15-17-14-16-13(18)9-20-14/h3-7,10H,8-9H2,1-2H3,(H,16,17,18). The minimum atomic E-state index is -0.0292. The molecule has 6 heteroatoms. The Morgan fingerprint density at radius 3 is 2.75 bits per heavy atom. The maximum absolute atomic E-state index is 11.0. The molecule has 0 aliphatic carbocycles. The van der Waals surface area contributed by atoms with E-state index in [1.165, 1.54) is 11.8 Å². The molecule has 0 spiro atoms. The van der Waals surface area contributed by atoms with Gasteiger partial charge in [-0.25, -0.2) is 0 Å². The molecule has 5 nitrogen and oxygen atoms in total. The molecule has 1 saturated heterocycles. The normalized spacial score (nSPS) is 17.4. The van der Waals surface area contributed by atoms with Crippen LogP contribution in [0, 0.1) is 0 Å². The number of carbonyl (C=O) groups is 1. The molecule has 0 bridgehead atoms. The average Bonchev–Trinajstić information content (AvgIpc) is 2.83. The fraction of sp³-hybridized carbons (Fsp3) is 0.357. The summed E-state index contributed by atoms with van der Waals surface area (Å²) < 4.78 is 5.53. The summed E-state index contributed by atoms with van der Waals surface area (Å²) in [6.45, 7) is 4.64. The largest absolute Gasteiger partial charge is 0.374 e. The molecule has 0 aromatic heterocycles. The molecule has 1 aromatic rings. The van der Waals surface area contributed by atoms with Gasteiger partial charge in [0.15, 0.2) is 5.17 Å². The van der Waals surface area contributed by atoms with E-state index < -0.39 is 0 Å². The van der Waals surface area contributed by atoms with Gasteiger partial charge >= 0.3 is 0 Å². The van der Waals surface area contributed by atoms with E-state index in [1.807, 2.05) is 38.1 Å². The van der Waals surface area contributed by atoms with Crippen LogP contribution in [-0.2, 0) is 16.1 Å². The highest BCUT2D eigenvalue weighted by molar-refractivity contribution is 8.15. The zero-order chi connectivity index (χ0) is 14.4. The molecule has 0 saturated carbocycles. The molecule has 1 aliphatic rings. The number of rotatable bonds is 5. The highest BCUT2D eigenvalue weighted by atomic mass is 32.2. The summed E-state index contributed by atoms with van der Waals surface area (Å²) >= 11 is 1.36. The lowest BCUT2D eigenvalue weighted by atomic mass is 10.1. The number of amidine groups is 1. The third-order valence-electron chi connectivity index (χ3n) is 2.50. The van der Waals surface area contributed by atoms with E-state index >= 15 is 0 Å². The van der Waals surface area contributed by atoms with Crippen LogP contribution < -0.4 is 5.32 Å². The zero-order valence-corrected chi connectivity index (χ0v) is 12.3. The molecule has 20 heavy (non-hydrogen) atoms. The molecule has 1 aliphatic heterocycles. The highest BCUT2D eigenvalue weighted by Crippen LogP contribution is 2.09. The van der Waals surface area contributed by atoms with Crippen molar-refractivity contribution < 1.29 is 9.53 Å². The van der Waals surface area contributed by atoms with Crippen molar-refractivity contribution in [1.29, 1.82) is 0 Å². The lowest BCUT2D eigenvalue weighted by Gasteiger charge is -2.07. The van der Waals surface area contributed by atoms with Crippen molar-refractivity contribution in [1.82, 2.24) is 5.32 Å². The molecule has 0 radical (unpaired) electrons. The Morgan fingerprint density at radius 2 is 2.15 bits per heavy atom. The first kappa shape index (κ1) is 14.7. The summed E-state index contributed by atoms with van der Waals surface area (Å²) in [7, 11) is 0. The molecule has 106 valence electrons. The van der Waals surface area contributed by atoms with E-state index in [2.05, 4.69) is 15.5 Å². The maximum Gasteiger partial charge on any atom is 0.236 e. The Balaban J connectivity index is 1.88. The maximum atomic E-state index is 11.0. The Morgan fingerprint density at radius 1 is 1.40 bits per heavy atom. The SMILES string of the molecule is CC(C)OCc1ccc(C=NN=C2NC(=O)CS2)cc1. The molecule has 1 amide bonds. The first-order chi connectivity index (χ1) is 9.63. The van der Waals surface area contributed by atoms with Crippen LogP contribution in [-0.4, -0.2) is 29.1 Å². The third kappa shape index (κ3) is 4.79.